The first-order chi connectivity index (χ1) is 8.99. The Morgan fingerprint density at radius 3 is 2.74 bits per heavy atom. The van der Waals surface area contributed by atoms with Crippen molar-refractivity contribution in [1.82, 2.24) is 5.32 Å². The normalized spacial score (nSPS) is 27.0. The Morgan fingerprint density at radius 1 is 1.32 bits per heavy atom. The molecule has 0 aromatic heterocycles. The van der Waals surface area contributed by atoms with Crippen molar-refractivity contribution in [2.24, 2.45) is 11.8 Å². The first-order valence-corrected chi connectivity index (χ1v) is 7.09. The van der Waals surface area contributed by atoms with Crippen LogP contribution in [0.2, 0.25) is 0 Å². The van der Waals surface area contributed by atoms with E-state index in [4.69, 9.17) is 0 Å². The Kier molecular flexibility index (Phi) is 4.13. The topological polar surface area (TPSA) is 49.3 Å². The number of phenols is 1. The molecule has 1 saturated carbocycles. The summed E-state index contributed by atoms with van der Waals surface area (Å²) >= 11 is 0. The summed E-state index contributed by atoms with van der Waals surface area (Å²) in [5.41, 5.74) is 1.47. The van der Waals surface area contributed by atoms with Crippen molar-refractivity contribution in [2.75, 3.05) is 0 Å². The molecular weight excluding hydrogens is 238 g/mol. The second-order valence-corrected chi connectivity index (χ2v) is 5.85. The van der Waals surface area contributed by atoms with Gasteiger partial charge in [-0.25, -0.2) is 0 Å². The number of phenolic OH excluding ortho intramolecular Hbond substituents is 1. The van der Waals surface area contributed by atoms with Crippen molar-refractivity contribution >= 4 is 5.91 Å². The maximum Gasteiger partial charge on any atom is 0.251 e. The van der Waals surface area contributed by atoms with E-state index in [1.807, 2.05) is 6.92 Å². The van der Waals surface area contributed by atoms with Crippen molar-refractivity contribution in [1.29, 1.82) is 0 Å². The van der Waals surface area contributed by atoms with Crippen LogP contribution < -0.4 is 5.32 Å². The Labute approximate surface area is 115 Å². The summed E-state index contributed by atoms with van der Waals surface area (Å²) in [6.45, 7) is 6.33. The summed E-state index contributed by atoms with van der Waals surface area (Å²) in [5.74, 6) is 1.37. The Balaban J connectivity index is 2.08. The predicted octanol–water partition coefficient (Wildman–Crippen LogP) is 3.26. The van der Waals surface area contributed by atoms with E-state index < -0.39 is 0 Å². The van der Waals surface area contributed by atoms with Gasteiger partial charge in [0.25, 0.3) is 5.91 Å². The summed E-state index contributed by atoms with van der Waals surface area (Å²) in [5, 5.41) is 12.5. The van der Waals surface area contributed by atoms with Gasteiger partial charge in [0, 0.05) is 11.6 Å². The number of rotatable bonds is 2. The van der Waals surface area contributed by atoms with E-state index in [0.29, 0.717) is 17.4 Å². The van der Waals surface area contributed by atoms with Crippen LogP contribution in [0.1, 0.15) is 49.0 Å². The van der Waals surface area contributed by atoms with Crippen LogP contribution in [0, 0.1) is 18.8 Å². The second-order valence-electron chi connectivity index (χ2n) is 5.85. The fourth-order valence-electron chi connectivity index (χ4n) is 2.93. The largest absolute Gasteiger partial charge is 0.508 e. The molecule has 1 aromatic rings. The smallest absolute Gasteiger partial charge is 0.251 e. The van der Waals surface area contributed by atoms with Gasteiger partial charge in [0.15, 0.2) is 0 Å². The highest BCUT2D eigenvalue weighted by atomic mass is 16.3. The molecule has 3 nitrogen and oxygen atoms in total. The summed E-state index contributed by atoms with van der Waals surface area (Å²) < 4.78 is 0. The van der Waals surface area contributed by atoms with Crippen LogP contribution in [0.5, 0.6) is 5.75 Å². The predicted molar refractivity (Wildman–Crippen MR) is 76.3 cm³/mol. The van der Waals surface area contributed by atoms with Crippen molar-refractivity contribution in [2.45, 2.75) is 46.1 Å². The van der Waals surface area contributed by atoms with Gasteiger partial charge >= 0.3 is 0 Å². The molecule has 3 atom stereocenters. The molecule has 0 saturated heterocycles. The highest BCUT2D eigenvalue weighted by Crippen LogP contribution is 2.29. The van der Waals surface area contributed by atoms with Gasteiger partial charge in [-0.1, -0.05) is 26.7 Å². The first-order valence-electron chi connectivity index (χ1n) is 7.09. The molecule has 0 spiro atoms. The number of benzene rings is 1. The van der Waals surface area contributed by atoms with Gasteiger partial charge in [0.2, 0.25) is 0 Å². The summed E-state index contributed by atoms with van der Waals surface area (Å²) in [7, 11) is 0. The van der Waals surface area contributed by atoms with Crippen LogP contribution in [0.3, 0.4) is 0 Å². The summed E-state index contributed by atoms with van der Waals surface area (Å²) in [6, 6.07) is 5.15. The Morgan fingerprint density at radius 2 is 2.05 bits per heavy atom. The lowest BCUT2D eigenvalue weighted by Crippen LogP contribution is -2.43. The van der Waals surface area contributed by atoms with Gasteiger partial charge in [-0.2, -0.15) is 0 Å². The lowest BCUT2D eigenvalue weighted by atomic mass is 9.78. The van der Waals surface area contributed by atoms with Gasteiger partial charge < -0.3 is 10.4 Å². The molecule has 1 aliphatic rings. The van der Waals surface area contributed by atoms with Gasteiger partial charge in [0.05, 0.1) is 0 Å². The zero-order chi connectivity index (χ0) is 14.0. The number of nitrogens with one attached hydrogen (secondary N) is 1. The van der Waals surface area contributed by atoms with Gasteiger partial charge in [0.1, 0.15) is 5.75 Å². The van der Waals surface area contributed by atoms with Gasteiger partial charge in [-0.15, -0.1) is 0 Å². The molecule has 0 radical (unpaired) electrons. The molecule has 1 aliphatic carbocycles. The zero-order valence-corrected chi connectivity index (χ0v) is 11.9. The maximum atomic E-state index is 12.3. The zero-order valence-electron chi connectivity index (χ0n) is 11.9. The number of carbonyl (C=O) groups is 1. The molecule has 1 fully saturated rings. The minimum atomic E-state index is -0.0246. The van der Waals surface area contributed by atoms with Crippen LogP contribution in [0.25, 0.3) is 0 Å². The van der Waals surface area contributed by atoms with E-state index in [1.165, 1.54) is 12.8 Å². The monoisotopic (exact) mass is 261 g/mol. The number of aryl methyl sites for hydroxylation is 1. The third-order valence-electron chi connectivity index (χ3n) is 4.48. The highest BCUT2D eigenvalue weighted by molar-refractivity contribution is 5.96. The molecule has 2 rings (SSSR count). The molecule has 104 valence electrons. The van der Waals surface area contributed by atoms with E-state index in [1.54, 1.807) is 18.2 Å². The summed E-state index contributed by atoms with van der Waals surface area (Å²) in [4.78, 5) is 12.3. The van der Waals surface area contributed by atoms with E-state index in [9.17, 15) is 9.90 Å². The van der Waals surface area contributed by atoms with E-state index in [0.717, 1.165) is 12.0 Å². The fraction of sp³-hybridized carbons (Fsp3) is 0.562. The highest BCUT2D eigenvalue weighted by Gasteiger charge is 2.28. The number of aromatic hydroxyl groups is 1. The van der Waals surface area contributed by atoms with Crippen LogP contribution in [0.15, 0.2) is 18.2 Å². The van der Waals surface area contributed by atoms with Crippen molar-refractivity contribution in [3.8, 4) is 5.75 Å². The molecule has 2 N–H and O–H groups in total. The molecule has 19 heavy (non-hydrogen) atoms. The number of hydrogen-bond donors (Lipinski definition) is 2. The van der Waals surface area contributed by atoms with Crippen LogP contribution in [-0.4, -0.2) is 17.1 Å². The molecule has 0 heterocycles. The summed E-state index contributed by atoms with van der Waals surface area (Å²) in [6.07, 6.45) is 3.51. The van der Waals surface area contributed by atoms with Crippen LogP contribution in [-0.2, 0) is 0 Å². The molecular formula is C16H23NO2. The minimum Gasteiger partial charge on any atom is -0.508 e. The first kappa shape index (κ1) is 13.9. The van der Waals surface area contributed by atoms with Gasteiger partial charge in [-0.05, 0) is 48.9 Å². The average Bonchev–Trinajstić information content (AvgIpc) is 2.34. The third kappa shape index (κ3) is 3.09. The lowest BCUT2D eigenvalue weighted by Gasteiger charge is -2.34. The van der Waals surface area contributed by atoms with E-state index >= 15 is 0 Å². The molecule has 0 bridgehead atoms. The number of carbonyl (C=O) groups excluding carboxylic acids is 1. The molecule has 0 aliphatic heterocycles. The van der Waals surface area contributed by atoms with Crippen molar-refractivity contribution in [3.63, 3.8) is 0 Å². The van der Waals surface area contributed by atoms with E-state index in [2.05, 4.69) is 19.2 Å². The van der Waals surface area contributed by atoms with Crippen LogP contribution in [0.4, 0.5) is 0 Å². The Hall–Kier alpha value is -1.51. The molecule has 3 unspecified atom stereocenters. The fourth-order valence-corrected chi connectivity index (χ4v) is 2.93. The number of hydrogen-bond acceptors (Lipinski definition) is 2. The number of amides is 1. The SMILES string of the molecule is Cc1cc(O)ccc1C(=O)NC1CCCC(C)C1C. The third-order valence-corrected chi connectivity index (χ3v) is 4.48. The quantitative estimate of drug-likeness (QED) is 0.858. The maximum absolute atomic E-state index is 12.3. The van der Waals surface area contributed by atoms with Crippen molar-refractivity contribution in [3.05, 3.63) is 29.3 Å². The van der Waals surface area contributed by atoms with Crippen molar-refractivity contribution < 1.29 is 9.90 Å². The molecule has 3 heteroatoms. The molecule has 1 amide bonds. The standard InChI is InChI=1S/C16H23NO2/c1-10-5-4-6-15(12(10)3)17-16(19)14-8-7-13(18)9-11(14)2/h7-10,12,15,18H,4-6H2,1-3H3,(H,17,19). The molecule has 1 aromatic carbocycles. The van der Waals surface area contributed by atoms with Gasteiger partial charge in [-0.3, -0.25) is 4.79 Å². The van der Waals surface area contributed by atoms with E-state index in [-0.39, 0.29) is 17.7 Å². The lowest BCUT2D eigenvalue weighted by molar-refractivity contribution is 0.0890. The Bertz CT molecular complexity index is 470. The second kappa shape index (κ2) is 5.64. The van der Waals surface area contributed by atoms with Crippen LogP contribution >= 0.6 is 0 Å². The average molecular weight is 261 g/mol. The minimum absolute atomic E-state index is 0.0246.